The van der Waals surface area contributed by atoms with Crippen LogP contribution in [0.5, 0.6) is 0 Å². The third kappa shape index (κ3) is 3.80. The minimum atomic E-state index is -0.731. The third-order valence-corrected chi connectivity index (χ3v) is 4.24. The van der Waals surface area contributed by atoms with Crippen LogP contribution in [0.2, 0.25) is 5.02 Å². The highest BCUT2D eigenvalue weighted by atomic mass is 79.9. The van der Waals surface area contributed by atoms with Gasteiger partial charge in [0.05, 0.1) is 11.1 Å². The van der Waals surface area contributed by atoms with Crippen LogP contribution in [0.15, 0.2) is 53.0 Å². The van der Waals surface area contributed by atoms with Crippen LogP contribution in [-0.4, -0.2) is 11.1 Å². The second kappa shape index (κ2) is 6.53. The van der Waals surface area contributed by atoms with Gasteiger partial charge >= 0.3 is 0 Å². The Morgan fingerprint density at radius 1 is 1.16 bits per heavy atom. The quantitative estimate of drug-likeness (QED) is 0.891. The Kier molecular flexibility index (Phi) is 4.99. The molecule has 2 atom stereocenters. The molecule has 3 N–H and O–H groups in total. The lowest BCUT2D eigenvalue weighted by atomic mass is 9.97. The van der Waals surface area contributed by atoms with Crippen LogP contribution in [0.4, 0.5) is 0 Å². The Bertz CT molecular complexity index is 547. The van der Waals surface area contributed by atoms with Crippen molar-refractivity contribution in [3.05, 3.63) is 69.2 Å². The maximum Gasteiger partial charge on any atom is 0.0944 e. The predicted molar refractivity (Wildman–Crippen MR) is 82.2 cm³/mol. The fourth-order valence-electron chi connectivity index (χ4n) is 1.94. The van der Waals surface area contributed by atoms with Gasteiger partial charge in [0.25, 0.3) is 0 Å². The number of aliphatic hydroxyl groups excluding tert-OH is 1. The van der Waals surface area contributed by atoms with E-state index in [2.05, 4.69) is 15.9 Å². The van der Waals surface area contributed by atoms with Crippen LogP contribution in [0.1, 0.15) is 17.2 Å². The molecule has 0 aromatic heterocycles. The molecule has 0 amide bonds. The van der Waals surface area contributed by atoms with E-state index < -0.39 is 6.10 Å². The molecule has 0 heterocycles. The van der Waals surface area contributed by atoms with Crippen molar-refractivity contribution in [1.29, 1.82) is 0 Å². The fourth-order valence-corrected chi connectivity index (χ4v) is 2.38. The topological polar surface area (TPSA) is 46.2 Å². The van der Waals surface area contributed by atoms with Crippen LogP contribution in [0.3, 0.4) is 0 Å². The minimum Gasteiger partial charge on any atom is -0.387 e. The molecule has 0 aliphatic carbocycles. The SMILES string of the molecule is NC(Cc1ccccc1)C(O)c1ccc(Br)c(Cl)c1. The second-order valence-corrected chi connectivity index (χ2v) is 5.73. The molecular weight excluding hydrogens is 326 g/mol. The molecular formula is C15H15BrClNO. The number of hydrogen-bond acceptors (Lipinski definition) is 2. The van der Waals surface area contributed by atoms with Gasteiger partial charge in [-0.1, -0.05) is 48.0 Å². The average Bonchev–Trinajstić information content (AvgIpc) is 2.42. The van der Waals surface area contributed by atoms with E-state index in [0.717, 1.165) is 15.6 Å². The summed E-state index contributed by atoms with van der Waals surface area (Å²) in [5, 5.41) is 10.8. The zero-order chi connectivity index (χ0) is 13.8. The Balaban J connectivity index is 2.10. The normalized spacial score (nSPS) is 14.1. The lowest BCUT2D eigenvalue weighted by Crippen LogP contribution is -2.30. The van der Waals surface area contributed by atoms with E-state index in [9.17, 15) is 5.11 Å². The van der Waals surface area contributed by atoms with E-state index in [1.165, 1.54) is 0 Å². The third-order valence-electron chi connectivity index (χ3n) is 3.00. The summed E-state index contributed by atoms with van der Waals surface area (Å²) in [6.45, 7) is 0. The van der Waals surface area contributed by atoms with Gasteiger partial charge in [0.1, 0.15) is 0 Å². The summed E-state index contributed by atoms with van der Waals surface area (Å²) < 4.78 is 0.807. The summed E-state index contributed by atoms with van der Waals surface area (Å²) in [5.41, 5.74) is 7.91. The summed E-state index contributed by atoms with van der Waals surface area (Å²) in [6.07, 6.45) is -0.110. The van der Waals surface area contributed by atoms with Crippen molar-refractivity contribution in [3.8, 4) is 0 Å². The molecule has 2 aromatic rings. The molecule has 0 aliphatic heterocycles. The summed E-state index contributed by atoms with van der Waals surface area (Å²) in [5.74, 6) is 0. The van der Waals surface area contributed by atoms with Crippen molar-refractivity contribution in [2.75, 3.05) is 0 Å². The van der Waals surface area contributed by atoms with Crippen LogP contribution < -0.4 is 5.73 Å². The number of rotatable bonds is 4. The maximum atomic E-state index is 10.3. The van der Waals surface area contributed by atoms with E-state index in [-0.39, 0.29) is 6.04 Å². The van der Waals surface area contributed by atoms with Gasteiger partial charge in [-0.05, 0) is 45.6 Å². The van der Waals surface area contributed by atoms with Gasteiger partial charge in [-0.25, -0.2) is 0 Å². The Morgan fingerprint density at radius 3 is 2.47 bits per heavy atom. The lowest BCUT2D eigenvalue weighted by molar-refractivity contribution is 0.146. The van der Waals surface area contributed by atoms with Gasteiger partial charge in [0.15, 0.2) is 0 Å². The van der Waals surface area contributed by atoms with Crippen LogP contribution in [0.25, 0.3) is 0 Å². The van der Waals surface area contributed by atoms with Crippen LogP contribution in [-0.2, 0) is 6.42 Å². The van der Waals surface area contributed by atoms with Gasteiger partial charge in [-0.2, -0.15) is 0 Å². The lowest BCUT2D eigenvalue weighted by Gasteiger charge is -2.19. The highest BCUT2D eigenvalue weighted by Gasteiger charge is 2.18. The Morgan fingerprint density at radius 2 is 1.84 bits per heavy atom. The zero-order valence-electron chi connectivity index (χ0n) is 10.3. The molecule has 0 saturated carbocycles. The zero-order valence-corrected chi connectivity index (χ0v) is 12.6. The first-order valence-electron chi connectivity index (χ1n) is 6.00. The molecule has 0 radical (unpaired) electrons. The van der Waals surface area contributed by atoms with E-state index in [1.807, 2.05) is 42.5 Å². The molecule has 2 nitrogen and oxygen atoms in total. The first-order chi connectivity index (χ1) is 9.08. The van der Waals surface area contributed by atoms with E-state index >= 15 is 0 Å². The Labute approximate surface area is 126 Å². The molecule has 0 fully saturated rings. The summed E-state index contributed by atoms with van der Waals surface area (Å²) in [7, 11) is 0. The molecule has 19 heavy (non-hydrogen) atoms. The van der Waals surface area contributed by atoms with Gasteiger partial charge in [-0.15, -0.1) is 0 Å². The standard InChI is InChI=1S/C15H15BrClNO/c16-12-7-6-11(9-13(12)17)15(19)14(18)8-10-4-2-1-3-5-10/h1-7,9,14-15,19H,8,18H2. The predicted octanol–water partition coefficient (Wildman–Crippen LogP) is 3.71. The van der Waals surface area contributed by atoms with Crippen LogP contribution >= 0.6 is 27.5 Å². The van der Waals surface area contributed by atoms with Gasteiger partial charge in [-0.3, -0.25) is 0 Å². The molecule has 0 aliphatic rings. The van der Waals surface area contributed by atoms with Crippen molar-refractivity contribution in [3.63, 3.8) is 0 Å². The molecule has 2 aromatic carbocycles. The number of nitrogens with two attached hydrogens (primary N) is 1. The molecule has 0 bridgehead atoms. The highest BCUT2D eigenvalue weighted by Crippen LogP contribution is 2.27. The van der Waals surface area contributed by atoms with Crippen molar-refractivity contribution < 1.29 is 5.11 Å². The maximum absolute atomic E-state index is 10.3. The van der Waals surface area contributed by atoms with Crippen LogP contribution in [0, 0.1) is 0 Å². The second-order valence-electron chi connectivity index (χ2n) is 4.47. The molecule has 2 rings (SSSR count). The number of halogens is 2. The number of hydrogen-bond donors (Lipinski definition) is 2. The number of benzene rings is 2. The summed E-state index contributed by atoms with van der Waals surface area (Å²) in [6, 6.07) is 14.9. The highest BCUT2D eigenvalue weighted by molar-refractivity contribution is 9.10. The van der Waals surface area contributed by atoms with Gasteiger partial charge < -0.3 is 10.8 Å². The summed E-state index contributed by atoms with van der Waals surface area (Å²) in [4.78, 5) is 0. The molecule has 0 spiro atoms. The molecule has 2 unspecified atom stereocenters. The van der Waals surface area contributed by atoms with Gasteiger partial charge in [0, 0.05) is 10.5 Å². The molecule has 100 valence electrons. The monoisotopic (exact) mass is 339 g/mol. The largest absolute Gasteiger partial charge is 0.387 e. The molecule has 4 heteroatoms. The number of aliphatic hydroxyl groups is 1. The average molecular weight is 341 g/mol. The smallest absolute Gasteiger partial charge is 0.0944 e. The van der Waals surface area contributed by atoms with Crippen molar-refractivity contribution in [1.82, 2.24) is 0 Å². The first-order valence-corrected chi connectivity index (χ1v) is 7.17. The molecule has 0 saturated heterocycles. The van der Waals surface area contributed by atoms with E-state index in [1.54, 1.807) is 6.07 Å². The van der Waals surface area contributed by atoms with Crippen molar-refractivity contribution in [2.45, 2.75) is 18.6 Å². The van der Waals surface area contributed by atoms with Crippen molar-refractivity contribution >= 4 is 27.5 Å². The fraction of sp³-hybridized carbons (Fsp3) is 0.200. The minimum absolute atomic E-state index is 0.361. The van der Waals surface area contributed by atoms with Crippen molar-refractivity contribution in [2.24, 2.45) is 5.73 Å². The Hall–Kier alpha value is -0.870. The van der Waals surface area contributed by atoms with E-state index in [0.29, 0.717) is 11.4 Å². The summed E-state index contributed by atoms with van der Waals surface area (Å²) >= 11 is 9.35. The van der Waals surface area contributed by atoms with Gasteiger partial charge in [0.2, 0.25) is 0 Å². The first kappa shape index (κ1) is 14.5. The van der Waals surface area contributed by atoms with E-state index in [4.69, 9.17) is 17.3 Å².